The number of thiazole rings is 1. The van der Waals surface area contributed by atoms with Gasteiger partial charge in [-0.1, -0.05) is 30.7 Å². The largest absolute Gasteiger partial charge is 0.358 e. The van der Waals surface area contributed by atoms with Crippen LogP contribution < -0.4 is 5.32 Å². The van der Waals surface area contributed by atoms with Crippen LogP contribution in [0.5, 0.6) is 0 Å². The third-order valence-electron chi connectivity index (χ3n) is 1.47. The first-order valence-electron chi connectivity index (χ1n) is 3.74. The summed E-state index contributed by atoms with van der Waals surface area (Å²) < 4.78 is 0. The van der Waals surface area contributed by atoms with Crippen LogP contribution >= 0.6 is 22.9 Å². The number of halogens is 1. The van der Waals surface area contributed by atoms with E-state index in [2.05, 4.69) is 23.8 Å². The summed E-state index contributed by atoms with van der Waals surface area (Å²) in [5.74, 6) is 0. The fourth-order valence-electron chi connectivity index (χ4n) is 0.661. The van der Waals surface area contributed by atoms with Crippen molar-refractivity contribution in [3.8, 4) is 0 Å². The molecule has 1 rings (SSSR count). The maximum absolute atomic E-state index is 5.65. The Kier molecular flexibility index (Phi) is 3.56. The van der Waals surface area contributed by atoms with E-state index in [-0.39, 0.29) is 0 Å². The highest BCUT2D eigenvalue weighted by Gasteiger charge is 1.98. The Labute approximate surface area is 81.3 Å². The van der Waals surface area contributed by atoms with E-state index in [1.54, 1.807) is 5.38 Å². The molecule has 1 aromatic heterocycles. The van der Waals surface area contributed by atoms with Crippen LogP contribution in [0.3, 0.4) is 0 Å². The van der Waals surface area contributed by atoms with Gasteiger partial charge in [0.1, 0.15) is 5.15 Å². The molecule has 0 radical (unpaired) electrons. The Morgan fingerprint density at radius 2 is 2.58 bits per heavy atom. The minimum Gasteiger partial charge on any atom is -0.358 e. The second-order valence-electron chi connectivity index (χ2n) is 2.43. The van der Waals surface area contributed by atoms with Gasteiger partial charge in [-0.05, 0) is 6.42 Å². The van der Waals surface area contributed by atoms with Crippen molar-refractivity contribution in [1.82, 2.24) is 4.98 Å². The standard InChI is InChI=1S/C8H11ClN2S/c1-3-6(2)4-10-8-11-7(9)5-12-8/h5H,2-4H2,1H3,(H,10,11). The van der Waals surface area contributed by atoms with Crippen LogP contribution in [0.4, 0.5) is 5.13 Å². The molecule has 0 fully saturated rings. The Morgan fingerprint density at radius 1 is 1.83 bits per heavy atom. The molecule has 0 aromatic carbocycles. The predicted molar refractivity (Wildman–Crippen MR) is 55.0 cm³/mol. The number of aromatic nitrogens is 1. The van der Waals surface area contributed by atoms with Crippen LogP contribution in [0.2, 0.25) is 5.15 Å². The van der Waals surface area contributed by atoms with Gasteiger partial charge in [-0.15, -0.1) is 11.3 Å². The second-order valence-corrected chi connectivity index (χ2v) is 3.68. The van der Waals surface area contributed by atoms with Gasteiger partial charge in [0, 0.05) is 11.9 Å². The van der Waals surface area contributed by atoms with Gasteiger partial charge in [0.15, 0.2) is 5.13 Å². The van der Waals surface area contributed by atoms with Gasteiger partial charge >= 0.3 is 0 Å². The molecule has 0 aliphatic heterocycles. The summed E-state index contributed by atoms with van der Waals surface area (Å²) in [6.07, 6.45) is 0.992. The summed E-state index contributed by atoms with van der Waals surface area (Å²) in [7, 11) is 0. The van der Waals surface area contributed by atoms with Crippen LogP contribution in [0.1, 0.15) is 13.3 Å². The van der Waals surface area contributed by atoms with Crippen LogP contribution in [0, 0.1) is 0 Å². The third-order valence-corrected chi connectivity index (χ3v) is 2.59. The minimum absolute atomic E-state index is 0.546. The minimum atomic E-state index is 0.546. The van der Waals surface area contributed by atoms with Gasteiger partial charge in [0.05, 0.1) is 0 Å². The monoisotopic (exact) mass is 202 g/mol. The molecule has 0 saturated carbocycles. The van der Waals surface area contributed by atoms with Crippen molar-refractivity contribution in [2.24, 2.45) is 0 Å². The fourth-order valence-corrected chi connectivity index (χ4v) is 1.50. The number of hydrogen-bond donors (Lipinski definition) is 1. The van der Waals surface area contributed by atoms with Gasteiger partial charge in [-0.25, -0.2) is 4.98 Å². The number of nitrogens with one attached hydrogen (secondary N) is 1. The van der Waals surface area contributed by atoms with Gasteiger partial charge in [0.2, 0.25) is 0 Å². The van der Waals surface area contributed by atoms with E-state index in [0.29, 0.717) is 5.15 Å². The first-order valence-corrected chi connectivity index (χ1v) is 4.99. The molecule has 0 saturated heterocycles. The van der Waals surface area contributed by atoms with Crippen molar-refractivity contribution in [2.75, 3.05) is 11.9 Å². The first kappa shape index (κ1) is 9.55. The van der Waals surface area contributed by atoms with Crippen molar-refractivity contribution in [3.05, 3.63) is 22.7 Å². The summed E-state index contributed by atoms with van der Waals surface area (Å²) in [6, 6.07) is 0. The van der Waals surface area contributed by atoms with E-state index in [9.17, 15) is 0 Å². The molecule has 2 nitrogen and oxygen atoms in total. The third kappa shape index (κ3) is 2.83. The molecule has 0 amide bonds. The maximum atomic E-state index is 5.65. The van der Waals surface area contributed by atoms with Crippen LogP contribution in [0.25, 0.3) is 0 Å². The Morgan fingerprint density at radius 3 is 3.08 bits per heavy atom. The van der Waals surface area contributed by atoms with E-state index in [1.165, 1.54) is 16.9 Å². The molecule has 12 heavy (non-hydrogen) atoms. The van der Waals surface area contributed by atoms with E-state index < -0.39 is 0 Å². The predicted octanol–water partition coefficient (Wildman–Crippen LogP) is 3.17. The van der Waals surface area contributed by atoms with Crippen molar-refractivity contribution >= 4 is 28.1 Å². The van der Waals surface area contributed by atoms with Crippen LogP contribution in [-0.2, 0) is 0 Å². The SMILES string of the molecule is C=C(CC)CNc1nc(Cl)cs1. The summed E-state index contributed by atoms with van der Waals surface area (Å²) in [4.78, 5) is 4.05. The highest BCUT2D eigenvalue weighted by molar-refractivity contribution is 7.14. The fraction of sp³-hybridized carbons (Fsp3) is 0.375. The van der Waals surface area contributed by atoms with Gasteiger partial charge in [0.25, 0.3) is 0 Å². The molecule has 1 N–H and O–H groups in total. The maximum Gasteiger partial charge on any atom is 0.184 e. The zero-order valence-corrected chi connectivity index (χ0v) is 8.50. The molecular weight excluding hydrogens is 192 g/mol. The number of hydrogen-bond acceptors (Lipinski definition) is 3. The lowest BCUT2D eigenvalue weighted by molar-refractivity contribution is 1.05. The highest BCUT2D eigenvalue weighted by Crippen LogP contribution is 2.18. The molecule has 1 aromatic rings. The zero-order valence-electron chi connectivity index (χ0n) is 6.93. The smallest absolute Gasteiger partial charge is 0.184 e. The molecule has 66 valence electrons. The number of nitrogens with zero attached hydrogens (tertiary/aromatic N) is 1. The lowest BCUT2D eigenvalue weighted by Gasteiger charge is -2.02. The molecule has 0 unspecified atom stereocenters. The van der Waals surface area contributed by atoms with E-state index in [0.717, 1.165) is 18.1 Å². The summed E-state index contributed by atoms with van der Waals surface area (Å²) >= 11 is 7.15. The summed E-state index contributed by atoms with van der Waals surface area (Å²) in [5.41, 5.74) is 1.17. The molecule has 1 heterocycles. The van der Waals surface area contributed by atoms with Gasteiger partial charge in [-0.2, -0.15) is 0 Å². The van der Waals surface area contributed by atoms with E-state index >= 15 is 0 Å². The number of anilines is 1. The average molecular weight is 203 g/mol. The van der Waals surface area contributed by atoms with Crippen molar-refractivity contribution < 1.29 is 0 Å². The summed E-state index contributed by atoms with van der Waals surface area (Å²) in [5, 5.41) is 6.35. The second kappa shape index (κ2) is 4.48. The van der Waals surface area contributed by atoms with Crippen molar-refractivity contribution in [2.45, 2.75) is 13.3 Å². The lowest BCUT2D eigenvalue weighted by atomic mass is 10.2. The van der Waals surface area contributed by atoms with Crippen LogP contribution in [0.15, 0.2) is 17.5 Å². The van der Waals surface area contributed by atoms with Gasteiger partial charge < -0.3 is 5.32 Å². The Hall–Kier alpha value is -0.540. The molecule has 0 atom stereocenters. The molecule has 0 aliphatic rings. The van der Waals surface area contributed by atoms with Crippen LogP contribution in [-0.4, -0.2) is 11.5 Å². The molecule has 4 heteroatoms. The Balaban J connectivity index is 2.38. The zero-order chi connectivity index (χ0) is 8.97. The first-order chi connectivity index (χ1) is 5.72. The molecule has 0 bridgehead atoms. The average Bonchev–Trinajstić information content (AvgIpc) is 2.47. The lowest BCUT2D eigenvalue weighted by Crippen LogP contribution is -2.02. The van der Waals surface area contributed by atoms with Crippen molar-refractivity contribution in [3.63, 3.8) is 0 Å². The number of rotatable bonds is 4. The topological polar surface area (TPSA) is 24.9 Å². The van der Waals surface area contributed by atoms with Gasteiger partial charge in [-0.3, -0.25) is 0 Å². The highest BCUT2D eigenvalue weighted by atomic mass is 35.5. The molecule has 0 spiro atoms. The summed E-state index contributed by atoms with van der Waals surface area (Å²) in [6.45, 7) is 6.74. The van der Waals surface area contributed by atoms with E-state index in [1.807, 2.05) is 0 Å². The molecule has 0 aliphatic carbocycles. The van der Waals surface area contributed by atoms with Crippen molar-refractivity contribution in [1.29, 1.82) is 0 Å². The van der Waals surface area contributed by atoms with E-state index in [4.69, 9.17) is 11.6 Å². The Bertz CT molecular complexity index is 270. The normalized spacial score (nSPS) is 9.83. The quantitative estimate of drug-likeness (QED) is 0.759. The molecular formula is C8H11ClN2S.